The van der Waals surface area contributed by atoms with E-state index in [2.05, 4.69) is 31.0 Å². The van der Waals surface area contributed by atoms with E-state index in [1.54, 1.807) is 0 Å². The molecule has 1 aliphatic heterocycles. The van der Waals surface area contributed by atoms with Gasteiger partial charge in [0.1, 0.15) is 0 Å². The standard InChI is InChI=1S/C15H32N2O/c1-5-13(3)15(16-6-2)11-17-9-7-14(8-10-17)12-18-4/h13-16H,5-12H2,1-4H3. The van der Waals surface area contributed by atoms with Crippen LogP contribution in [-0.4, -0.2) is 50.8 Å². The Labute approximate surface area is 113 Å². The van der Waals surface area contributed by atoms with Crippen molar-refractivity contribution in [2.75, 3.05) is 39.9 Å². The van der Waals surface area contributed by atoms with Crippen LogP contribution in [-0.2, 0) is 4.74 Å². The summed E-state index contributed by atoms with van der Waals surface area (Å²) in [6.45, 7) is 12.6. The third-order valence-electron chi connectivity index (χ3n) is 4.36. The fourth-order valence-electron chi connectivity index (χ4n) is 2.84. The summed E-state index contributed by atoms with van der Waals surface area (Å²) >= 11 is 0. The molecule has 0 spiro atoms. The van der Waals surface area contributed by atoms with Crippen molar-refractivity contribution in [2.45, 2.75) is 46.1 Å². The molecule has 1 heterocycles. The molecule has 0 amide bonds. The molecule has 0 aliphatic carbocycles. The zero-order chi connectivity index (χ0) is 13.4. The molecule has 0 aromatic rings. The maximum Gasteiger partial charge on any atom is 0.0491 e. The molecule has 1 aliphatic rings. The largest absolute Gasteiger partial charge is 0.384 e. The lowest BCUT2D eigenvalue weighted by Gasteiger charge is -2.36. The van der Waals surface area contributed by atoms with E-state index in [9.17, 15) is 0 Å². The predicted molar refractivity (Wildman–Crippen MR) is 78.0 cm³/mol. The highest BCUT2D eigenvalue weighted by molar-refractivity contribution is 4.80. The highest BCUT2D eigenvalue weighted by atomic mass is 16.5. The van der Waals surface area contributed by atoms with Crippen LogP contribution in [0.3, 0.4) is 0 Å². The van der Waals surface area contributed by atoms with Gasteiger partial charge in [-0.25, -0.2) is 0 Å². The predicted octanol–water partition coefficient (Wildman–Crippen LogP) is 2.37. The molecular weight excluding hydrogens is 224 g/mol. The molecule has 2 atom stereocenters. The van der Waals surface area contributed by atoms with E-state index in [-0.39, 0.29) is 0 Å². The van der Waals surface area contributed by atoms with E-state index in [0.717, 1.165) is 25.0 Å². The molecule has 18 heavy (non-hydrogen) atoms. The molecular formula is C15H32N2O. The van der Waals surface area contributed by atoms with Crippen molar-refractivity contribution in [1.82, 2.24) is 10.2 Å². The Morgan fingerprint density at radius 2 is 1.94 bits per heavy atom. The Hall–Kier alpha value is -0.120. The molecule has 0 bridgehead atoms. The molecule has 0 aromatic carbocycles. The maximum absolute atomic E-state index is 5.26. The maximum atomic E-state index is 5.26. The van der Waals surface area contributed by atoms with E-state index >= 15 is 0 Å². The van der Waals surface area contributed by atoms with Crippen molar-refractivity contribution in [2.24, 2.45) is 11.8 Å². The number of rotatable bonds is 8. The summed E-state index contributed by atoms with van der Waals surface area (Å²) in [5.74, 6) is 1.55. The van der Waals surface area contributed by atoms with Crippen LogP contribution >= 0.6 is 0 Å². The summed E-state index contributed by atoms with van der Waals surface area (Å²) in [7, 11) is 1.82. The summed E-state index contributed by atoms with van der Waals surface area (Å²) in [6.07, 6.45) is 3.86. The highest BCUT2D eigenvalue weighted by Crippen LogP contribution is 2.19. The van der Waals surface area contributed by atoms with Gasteiger partial charge in [0.15, 0.2) is 0 Å². The Morgan fingerprint density at radius 1 is 1.28 bits per heavy atom. The number of ether oxygens (including phenoxy) is 1. The summed E-state index contributed by atoms with van der Waals surface area (Å²) < 4.78 is 5.26. The first-order valence-corrected chi connectivity index (χ1v) is 7.65. The van der Waals surface area contributed by atoms with Crippen molar-refractivity contribution >= 4 is 0 Å². The number of piperidine rings is 1. The smallest absolute Gasteiger partial charge is 0.0491 e. The van der Waals surface area contributed by atoms with Crippen molar-refractivity contribution in [3.05, 3.63) is 0 Å². The number of hydrogen-bond donors (Lipinski definition) is 1. The highest BCUT2D eigenvalue weighted by Gasteiger charge is 2.23. The zero-order valence-corrected chi connectivity index (χ0v) is 12.7. The summed E-state index contributed by atoms with van der Waals surface area (Å²) in [6, 6.07) is 0.652. The Morgan fingerprint density at radius 3 is 2.44 bits per heavy atom. The van der Waals surface area contributed by atoms with E-state index in [4.69, 9.17) is 4.74 Å². The summed E-state index contributed by atoms with van der Waals surface area (Å²) in [4.78, 5) is 2.63. The van der Waals surface area contributed by atoms with Crippen molar-refractivity contribution < 1.29 is 4.74 Å². The van der Waals surface area contributed by atoms with Crippen LogP contribution in [0.5, 0.6) is 0 Å². The molecule has 0 saturated carbocycles. The van der Waals surface area contributed by atoms with E-state index in [0.29, 0.717) is 6.04 Å². The van der Waals surface area contributed by atoms with Gasteiger partial charge in [-0.1, -0.05) is 27.2 Å². The molecule has 3 nitrogen and oxygen atoms in total. The first-order valence-electron chi connectivity index (χ1n) is 7.65. The van der Waals surface area contributed by atoms with E-state index in [1.807, 2.05) is 7.11 Å². The van der Waals surface area contributed by atoms with Crippen LogP contribution in [0.25, 0.3) is 0 Å². The van der Waals surface area contributed by atoms with Gasteiger partial charge in [0.25, 0.3) is 0 Å². The number of nitrogens with one attached hydrogen (secondary N) is 1. The van der Waals surface area contributed by atoms with E-state index in [1.165, 1.54) is 38.9 Å². The van der Waals surface area contributed by atoms with Gasteiger partial charge < -0.3 is 15.0 Å². The Kier molecular flexibility index (Phi) is 7.87. The lowest BCUT2D eigenvalue weighted by Crippen LogP contribution is -2.47. The monoisotopic (exact) mass is 256 g/mol. The second-order valence-corrected chi connectivity index (χ2v) is 5.75. The second kappa shape index (κ2) is 8.89. The Bertz CT molecular complexity index is 203. The minimum Gasteiger partial charge on any atom is -0.384 e. The van der Waals surface area contributed by atoms with Gasteiger partial charge in [0.05, 0.1) is 0 Å². The number of nitrogens with zero attached hydrogens (tertiary/aromatic N) is 1. The van der Waals surface area contributed by atoms with E-state index < -0.39 is 0 Å². The molecule has 1 saturated heterocycles. The molecule has 2 unspecified atom stereocenters. The number of methoxy groups -OCH3 is 1. The normalized spacial score (nSPS) is 22.0. The Balaban J connectivity index is 2.32. The third kappa shape index (κ3) is 5.25. The average Bonchev–Trinajstić information content (AvgIpc) is 2.40. The number of hydrogen-bond acceptors (Lipinski definition) is 3. The van der Waals surface area contributed by atoms with Gasteiger partial charge in [-0.15, -0.1) is 0 Å². The number of likely N-dealkylation sites (tertiary alicyclic amines) is 1. The van der Waals surface area contributed by atoms with Crippen LogP contribution < -0.4 is 5.32 Å². The van der Waals surface area contributed by atoms with Gasteiger partial charge in [0.2, 0.25) is 0 Å². The van der Waals surface area contributed by atoms with Crippen LogP contribution in [0.15, 0.2) is 0 Å². The first kappa shape index (κ1) is 15.9. The first-order chi connectivity index (χ1) is 8.71. The molecule has 1 N–H and O–H groups in total. The van der Waals surface area contributed by atoms with Crippen LogP contribution in [0, 0.1) is 11.8 Å². The van der Waals surface area contributed by atoms with Crippen LogP contribution in [0.2, 0.25) is 0 Å². The summed E-state index contributed by atoms with van der Waals surface area (Å²) in [5, 5.41) is 3.65. The minimum absolute atomic E-state index is 0.652. The second-order valence-electron chi connectivity index (χ2n) is 5.75. The topological polar surface area (TPSA) is 24.5 Å². The fraction of sp³-hybridized carbons (Fsp3) is 1.00. The average molecular weight is 256 g/mol. The van der Waals surface area contributed by atoms with Crippen molar-refractivity contribution in [3.8, 4) is 0 Å². The zero-order valence-electron chi connectivity index (χ0n) is 12.7. The lowest BCUT2D eigenvalue weighted by molar-refractivity contribution is 0.0915. The van der Waals surface area contributed by atoms with Gasteiger partial charge >= 0.3 is 0 Å². The molecule has 0 radical (unpaired) electrons. The quantitative estimate of drug-likeness (QED) is 0.721. The van der Waals surface area contributed by atoms with Gasteiger partial charge in [-0.3, -0.25) is 0 Å². The van der Waals surface area contributed by atoms with Crippen molar-refractivity contribution in [3.63, 3.8) is 0 Å². The van der Waals surface area contributed by atoms with Crippen LogP contribution in [0.4, 0.5) is 0 Å². The van der Waals surface area contributed by atoms with Gasteiger partial charge in [-0.05, 0) is 44.3 Å². The van der Waals surface area contributed by atoms with Gasteiger partial charge in [0, 0.05) is 26.3 Å². The lowest BCUT2D eigenvalue weighted by atomic mass is 9.94. The van der Waals surface area contributed by atoms with Crippen molar-refractivity contribution in [1.29, 1.82) is 0 Å². The molecule has 0 aromatic heterocycles. The molecule has 1 rings (SSSR count). The minimum atomic E-state index is 0.652. The SMILES string of the molecule is CCNC(CN1CCC(COC)CC1)C(C)CC. The van der Waals surface area contributed by atoms with Crippen LogP contribution in [0.1, 0.15) is 40.0 Å². The molecule has 3 heteroatoms. The third-order valence-corrected chi connectivity index (χ3v) is 4.36. The summed E-state index contributed by atoms with van der Waals surface area (Å²) in [5.41, 5.74) is 0. The molecule has 1 fully saturated rings. The fourth-order valence-corrected chi connectivity index (χ4v) is 2.84. The number of likely N-dealkylation sites (N-methyl/N-ethyl adjacent to an activating group) is 1. The molecule has 108 valence electrons. The van der Waals surface area contributed by atoms with Gasteiger partial charge in [-0.2, -0.15) is 0 Å².